The van der Waals surface area contributed by atoms with Gasteiger partial charge in [0.1, 0.15) is 0 Å². The van der Waals surface area contributed by atoms with Crippen LogP contribution in [0, 0.1) is 0 Å². The first-order valence-corrected chi connectivity index (χ1v) is 5.49. The number of anilines is 1. The zero-order chi connectivity index (χ0) is 12.9. The Bertz CT molecular complexity index is 333. The van der Waals surface area contributed by atoms with E-state index in [0.717, 1.165) is 17.7 Å². The SMILES string of the molecule is CN(CCC(F)(F)F)c1ccc(CCN)cc1. The van der Waals surface area contributed by atoms with Crippen LogP contribution in [0.1, 0.15) is 12.0 Å². The van der Waals surface area contributed by atoms with E-state index in [0.29, 0.717) is 6.54 Å². The first kappa shape index (κ1) is 13.8. The molecule has 1 rings (SSSR count). The second kappa shape index (κ2) is 5.91. The van der Waals surface area contributed by atoms with Crippen LogP contribution >= 0.6 is 0 Å². The Hall–Kier alpha value is -1.23. The van der Waals surface area contributed by atoms with Crippen LogP contribution in [-0.4, -0.2) is 26.3 Å². The summed E-state index contributed by atoms with van der Waals surface area (Å²) in [5.74, 6) is 0. The van der Waals surface area contributed by atoms with Gasteiger partial charge in [0.25, 0.3) is 0 Å². The van der Waals surface area contributed by atoms with Crippen LogP contribution in [0.15, 0.2) is 24.3 Å². The summed E-state index contributed by atoms with van der Waals surface area (Å²) in [7, 11) is 1.66. The molecule has 0 atom stereocenters. The smallest absolute Gasteiger partial charge is 0.374 e. The van der Waals surface area contributed by atoms with E-state index in [1.54, 1.807) is 11.9 Å². The second-order valence-electron chi connectivity index (χ2n) is 3.99. The van der Waals surface area contributed by atoms with Crippen molar-refractivity contribution in [1.29, 1.82) is 0 Å². The van der Waals surface area contributed by atoms with E-state index in [2.05, 4.69) is 0 Å². The fourth-order valence-corrected chi connectivity index (χ4v) is 1.51. The molecule has 1 aromatic carbocycles. The summed E-state index contributed by atoms with van der Waals surface area (Å²) in [5.41, 5.74) is 7.30. The van der Waals surface area contributed by atoms with Gasteiger partial charge in [-0.1, -0.05) is 12.1 Å². The van der Waals surface area contributed by atoms with Crippen LogP contribution in [0.4, 0.5) is 18.9 Å². The molecule has 0 aliphatic carbocycles. The molecule has 1 aromatic rings. The van der Waals surface area contributed by atoms with Crippen molar-refractivity contribution in [3.05, 3.63) is 29.8 Å². The van der Waals surface area contributed by atoms with Crippen molar-refractivity contribution >= 4 is 5.69 Å². The molecule has 0 saturated heterocycles. The minimum Gasteiger partial charge on any atom is -0.374 e. The standard InChI is InChI=1S/C12H17F3N2/c1-17(9-7-12(13,14)15)11-4-2-10(3-5-11)6-8-16/h2-5H,6-9,16H2,1H3. The number of benzene rings is 1. The predicted molar refractivity (Wildman–Crippen MR) is 63.1 cm³/mol. The van der Waals surface area contributed by atoms with Crippen LogP contribution < -0.4 is 10.6 Å². The molecule has 5 heteroatoms. The highest BCUT2D eigenvalue weighted by molar-refractivity contribution is 5.46. The van der Waals surface area contributed by atoms with Gasteiger partial charge in [-0.25, -0.2) is 0 Å². The molecule has 0 aromatic heterocycles. The molecule has 17 heavy (non-hydrogen) atoms. The summed E-state index contributed by atoms with van der Waals surface area (Å²) in [6, 6.07) is 7.43. The Morgan fingerprint density at radius 2 is 1.76 bits per heavy atom. The summed E-state index contributed by atoms with van der Waals surface area (Å²) >= 11 is 0. The van der Waals surface area contributed by atoms with Crippen LogP contribution in [-0.2, 0) is 6.42 Å². The fraction of sp³-hybridized carbons (Fsp3) is 0.500. The van der Waals surface area contributed by atoms with Crippen molar-refractivity contribution in [2.45, 2.75) is 19.0 Å². The third-order valence-corrected chi connectivity index (χ3v) is 2.54. The van der Waals surface area contributed by atoms with Crippen LogP contribution in [0.3, 0.4) is 0 Å². The lowest BCUT2D eigenvalue weighted by Gasteiger charge is -2.20. The molecular weight excluding hydrogens is 229 g/mol. The largest absolute Gasteiger partial charge is 0.390 e. The van der Waals surface area contributed by atoms with Crippen LogP contribution in [0.2, 0.25) is 0 Å². The van der Waals surface area contributed by atoms with E-state index in [4.69, 9.17) is 5.73 Å². The van der Waals surface area contributed by atoms with Crippen molar-refractivity contribution in [3.63, 3.8) is 0 Å². The number of hydrogen-bond donors (Lipinski definition) is 1. The third-order valence-electron chi connectivity index (χ3n) is 2.54. The minimum atomic E-state index is -4.10. The molecule has 96 valence electrons. The molecule has 2 N–H and O–H groups in total. The molecule has 0 heterocycles. The van der Waals surface area contributed by atoms with Gasteiger partial charge in [0, 0.05) is 19.3 Å². The van der Waals surface area contributed by atoms with E-state index in [9.17, 15) is 13.2 Å². The zero-order valence-electron chi connectivity index (χ0n) is 9.80. The van der Waals surface area contributed by atoms with Crippen molar-refractivity contribution in [3.8, 4) is 0 Å². The summed E-state index contributed by atoms with van der Waals surface area (Å²) in [6.07, 6.45) is -4.12. The molecule has 0 amide bonds. The monoisotopic (exact) mass is 246 g/mol. The minimum absolute atomic E-state index is 0.0280. The quantitative estimate of drug-likeness (QED) is 0.865. The summed E-state index contributed by atoms with van der Waals surface area (Å²) < 4.78 is 36.2. The third kappa shape index (κ3) is 5.08. The number of nitrogens with two attached hydrogens (primary N) is 1. The highest BCUT2D eigenvalue weighted by Crippen LogP contribution is 2.21. The lowest BCUT2D eigenvalue weighted by molar-refractivity contribution is -0.132. The van der Waals surface area contributed by atoms with Gasteiger partial charge in [-0.15, -0.1) is 0 Å². The maximum atomic E-state index is 12.1. The highest BCUT2D eigenvalue weighted by atomic mass is 19.4. The Kier molecular flexibility index (Phi) is 4.81. The second-order valence-corrected chi connectivity index (χ2v) is 3.99. The number of rotatable bonds is 5. The van der Waals surface area contributed by atoms with E-state index in [1.807, 2.05) is 24.3 Å². The van der Waals surface area contributed by atoms with Gasteiger partial charge >= 0.3 is 6.18 Å². The maximum absolute atomic E-state index is 12.1. The first-order chi connectivity index (χ1) is 7.92. The van der Waals surface area contributed by atoms with Gasteiger partial charge in [-0.2, -0.15) is 13.2 Å². The average molecular weight is 246 g/mol. The molecule has 0 saturated carbocycles. The first-order valence-electron chi connectivity index (χ1n) is 5.49. The van der Waals surface area contributed by atoms with Crippen molar-refractivity contribution in [2.75, 3.05) is 25.0 Å². The summed E-state index contributed by atoms with van der Waals surface area (Å²) in [6.45, 7) is 0.545. The summed E-state index contributed by atoms with van der Waals surface area (Å²) in [4.78, 5) is 1.60. The van der Waals surface area contributed by atoms with Gasteiger partial charge in [-0.3, -0.25) is 0 Å². The molecule has 0 radical (unpaired) electrons. The molecule has 0 bridgehead atoms. The highest BCUT2D eigenvalue weighted by Gasteiger charge is 2.27. The number of nitrogens with zero attached hydrogens (tertiary/aromatic N) is 1. The van der Waals surface area contributed by atoms with Crippen LogP contribution in [0.5, 0.6) is 0 Å². The Morgan fingerprint density at radius 1 is 1.18 bits per heavy atom. The Labute approximate surface area is 99.2 Å². The zero-order valence-corrected chi connectivity index (χ0v) is 9.80. The molecular formula is C12H17F3N2. The predicted octanol–water partition coefficient (Wildman–Crippen LogP) is 2.58. The lowest BCUT2D eigenvalue weighted by Crippen LogP contribution is -2.23. The van der Waals surface area contributed by atoms with E-state index in [-0.39, 0.29) is 6.54 Å². The molecule has 2 nitrogen and oxygen atoms in total. The molecule has 0 unspecified atom stereocenters. The van der Waals surface area contributed by atoms with E-state index < -0.39 is 12.6 Å². The van der Waals surface area contributed by atoms with Gasteiger partial charge in [0.05, 0.1) is 6.42 Å². The van der Waals surface area contributed by atoms with Crippen molar-refractivity contribution < 1.29 is 13.2 Å². The molecule has 0 spiro atoms. The van der Waals surface area contributed by atoms with E-state index in [1.165, 1.54) is 0 Å². The maximum Gasteiger partial charge on any atom is 0.390 e. The average Bonchev–Trinajstić information content (AvgIpc) is 2.26. The van der Waals surface area contributed by atoms with Gasteiger partial charge in [-0.05, 0) is 30.7 Å². The molecule has 0 fully saturated rings. The number of hydrogen-bond acceptors (Lipinski definition) is 2. The summed E-state index contributed by atoms with van der Waals surface area (Å²) in [5, 5.41) is 0. The normalized spacial score (nSPS) is 11.6. The van der Waals surface area contributed by atoms with Gasteiger partial charge in [0.15, 0.2) is 0 Å². The Morgan fingerprint density at radius 3 is 2.24 bits per heavy atom. The van der Waals surface area contributed by atoms with E-state index >= 15 is 0 Å². The fourth-order valence-electron chi connectivity index (χ4n) is 1.51. The van der Waals surface area contributed by atoms with Crippen molar-refractivity contribution in [2.24, 2.45) is 5.73 Å². The van der Waals surface area contributed by atoms with Crippen molar-refractivity contribution in [1.82, 2.24) is 0 Å². The Balaban J connectivity index is 2.54. The van der Waals surface area contributed by atoms with Crippen LogP contribution in [0.25, 0.3) is 0 Å². The molecule has 0 aliphatic heterocycles. The van der Waals surface area contributed by atoms with Gasteiger partial charge < -0.3 is 10.6 Å². The van der Waals surface area contributed by atoms with Gasteiger partial charge in [0.2, 0.25) is 0 Å². The topological polar surface area (TPSA) is 29.3 Å². The number of halogens is 3. The number of alkyl halides is 3. The lowest BCUT2D eigenvalue weighted by atomic mass is 10.1. The molecule has 0 aliphatic rings.